The zero-order valence-corrected chi connectivity index (χ0v) is 12.2. The fourth-order valence-corrected chi connectivity index (χ4v) is 1.84. The Morgan fingerprint density at radius 3 is 2.76 bits per heavy atom. The van der Waals surface area contributed by atoms with Gasteiger partial charge in [0.1, 0.15) is 5.82 Å². The van der Waals surface area contributed by atoms with Crippen LogP contribution in [0, 0.1) is 5.82 Å². The zero-order chi connectivity index (χ0) is 15.2. The molecule has 0 aliphatic carbocycles. The van der Waals surface area contributed by atoms with Crippen molar-refractivity contribution in [2.24, 2.45) is 0 Å². The number of amides is 1. The van der Waals surface area contributed by atoms with Crippen LogP contribution in [-0.4, -0.2) is 16.9 Å². The highest BCUT2D eigenvalue weighted by Crippen LogP contribution is 2.21. The fourth-order valence-electron chi connectivity index (χ4n) is 1.84. The molecule has 2 rings (SSSR count). The molecular formula is C16H19FN2O2. The van der Waals surface area contributed by atoms with Gasteiger partial charge in [-0.25, -0.2) is 9.37 Å². The zero-order valence-electron chi connectivity index (χ0n) is 12.2. The van der Waals surface area contributed by atoms with Gasteiger partial charge in [0.2, 0.25) is 5.91 Å². The molecule has 5 heteroatoms. The Hall–Kier alpha value is -2.17. The molecule has 1 N–H and O–H groups in total. The molecule has 4 nitrogen and oxygen atoms in total. The number of oxazole rings is 1. The first kappa shape index (κ1) is 15.2. The molecule has 1 atom stereocenters. The molecule has 0 aliphatic heterocycles. The maximum Gasteiger partial charge on any atom is 0.220 e. The molecule has 0 saturated heterocycles. The molecule has 2 aromatic rings. The molecule has 21 heavy (non-hydrogen) atoms. The van der Waals surface area contributed by atoms with Gasteiger partial charge in [-0.2, -0.15) is 0 Å². The third-order valence-corrected chi connectivity index (χ3v) is 3.27. The highest BCUT2D eigenvalue weighted by Gasteiger charge is 2.10. The number of benzene rings is 1. The van der Waals surface area contributed by atoms with E-state index in [0.717, 1.165) is 12.0 Å². The van der Waals surface area contributed by atoms with Crippen LogP contribution >= 0.6 is 0 Å². The van der Waals surface area contributed by atoms with E-state index in [0.29, 0.717) is 24.5 Å². The van der Waals surface area contributed by atoms with Crippen LogP contribution in [0.1, 0.15) is 32.6 Å². The lowest BCUT2D eigenvalue weighted by Crippen LogP contribution is -2.32. The smallest absolute Gasteiger partial charge is 0.220 e. The Kier molecular flexibility index (Phi) is 5.09. The SMILES string of the molecule is CCC(C)NC(=O)CCc1ncc(-c2ccc(F)cc2)o1. The first-order valence-corrected chi connectivity index (χ1v) is 7.08. The average molecular weight is 290 g/mol. The normalized spacial score (nSPS) is 12.1. The van der Waals surface area contributed by atoms with E-state index in [1.165, 1.54) is 12.1 Å². The van der Waals surface area contributed by atoms with E-state index in [-0.39, 0.29) is 17.8 Å². The van der Waals surface area contributed by atoms with Crippen molar-refractivity contribution in [2.75, 3.05) is 0 Å². The van der Waals surface area contributed by atoms with E-state index in [1.807, 2.05) is 13.8 Å². The first-order valence-electron chi connectivity index (χ1n) is 7.08. The van der Waals surface area contributed by atoms with Crippen LogP contribution in [-0.2, 0) is 11.2 Å². The van der Waals surface area contributed by atoms with Crippen LogP contribution in [0.3, 0.4) is 0 Å². The molecule has 0 spiro atoms. The van der Waals surface area contributed by atoms with Crippen molar-refractivity contribution in [1.82, 2.24) is 10.3 Å². The minimum Gasteiger partial charge on any atom is -0.441 e. The largest absolute Gasteiger partial charge is 0.441 e. The van der Waals surface area contributed by atoms with Crippen molar-refractivity contribution in [3.05, 3.63) is 42.2 Å². The van der Waals surface area contributed by atoms with Gasteiger partial charge in [0, 0.05) is 24.4 Å². The number of rotatable bonds is 6. The molecule has 1 aromatic carbocycles. The Balaban J connectivity index is 1.91. The summed E-state index contributed by atoms with van der Waals surface area (Å²) < 4.78 is 18.4. The summed E-state index contributed by atoms with van der Waals surface area (Å²) in [4.78, 5) is 15.8. The summed E-state index contributed by atoms with van der Waals surface area (Å²) in [5.41, 5.74) is 0.763. The third-order valence-electron chi connectivity index (χ3n) is 3.27. The highest BCUT2D eigenvalue weighted by molar-refractivity contribution is 5.76. The summed E-state index contributed by atoms with van der Waals surface area (Å²) in [6.45, 7) is 3.99. The Bertz CT molecular complexity index is 593. The standard InChI is InChI=1S/C16H19FN2O2/c1-3-11(2)19-15(20)8-9-16-18-10-14(21-16)12-4-6-13(17)7-5-12/h4-7,10-11H,3,8-9H2,1-2H3,(H,19,20). The van der Waals surface area contributed by atoms with Gasteiger partial charge < -0.3 is 9.73 Å². The van der Waals surface area contributed by atoms with Gasteiger partial charge in [-0.15, -0.1) is 0 Å². The van der Waals surface area contributed by atoms with E-state index in [9.17, 15) is 9.18 Å². The molecule has 1 amide bonds. The molecule has 0 bridgehead atoms. The summed E-state index contributed by atoms with van der Waals surface area (Å²) in [7, 11) is 0. The van der Waals surface area contributed by atoms with Gasteiger partial charge in [-0.05, 0) is 37.6 Å². The van der Waals surface area contributed by atoms with Crippen LogP contribution in [0.15, 0.2) is 34.9 Å². The number of carbonyl (C=O) groups excluding carboxylic acids is 1. The second-order valence-corrected chi connectivity index (χ2v) is 5.00. The maximum atomic E-state index is 12.9. The minimum atomic E-state index is -0.291. The number of aryl methyl sites for hydroxylation is 1. The summed E-state index contributed by atoms with van der Waals surface area (Å²) in [5.74, 6) is 0.784. The summed E-state index contributed by atoms with van der Waals surface area (Å²) in [6.07, 6.45) is 3.28. The predicted molar refractivity (Wildman–Crippen MR) is 78.1 cm³/mol. The molecule has 0 aliphatic rings. The maximum absolute atomic E-state index is 12.9. The van der Waals surface area contributed by atoms with Crippen LogP contribution < -0.4 is 5.32 Å². The Labute approximate surface area is 123 Å². The molecule has 0 saturated carbocycles. The summed E-state index contributed by atoms with van der Waals surface area (Å²) in [6, 6.07) is 6.19. The number of hydrogen-bond donors (Lipinski definition) is 1. The van der Waals surface area contributed by atoms with Crippen molar-refractivity contribution in [3.63, 3.8) is 0 Å². The van der Waals surface area contributed by atoms with E-state index in [4.69, 9.17) is 4.42 Å². The van der Waals surface area contributed by atoms with E-state index >= 15 is 0 Å². The van der Waals surface area contributed by atoms with E-state index in [1.54, 1.807) is 18.3 Å². The minimum absolute atomic E-state index is 0.00844. The Morgan fingerprint density at radius 1 is 1.38 bits per heavy atom. The predicted octanol–water partition coefficient (Wildman–Crippen LogP) is 3.33. The lowest BCUT2D eigenvalue weighted by molar-refractivity contribution is -0.121. The number of halogens is 1. The number of nitrogens with zero attached hydrogens (tertiary/aromatic N) is 1. The number of aromatic nitrogens is 1. The van der Waals surface area contributed by atoms with Crippen LogP contribution in [0.25, 0.3) is 11.3 Å². The van der Waals surface area contributed by atoms with Crippen LogP contribution in [0.5, 0.6) is 0 Å². The third kappa shape index (κ3) is 4.41. The van der Waals surface area contributed by atoms with Crippen LogP contribution in [0.4, 0.5) is 4.39 Å². The average Bonchev–Trinajstić information content (AvgIpc) is 2.94. The quantitative estimate of drug-likeness (QED) is 0.887. The van der Waals surface area contributed by atoms with Crippen molar-refractivity contribution < 1.29 is 13.6 Å². The van der Waals surface area contributed by atoms with Gasteiger partial charge in [-0.3, -0.25) is 4.79 Å². The topological polar surface area (TPSA) is 55.1 Å². The molecular weight excluding hydrogens is 271 g/mol. The highest BCUT2D eigenvalue weighted by atomic mass is 19.1. The molecule has 1 heterocycles. The van der Waals surface area contributed by atoms with E-state index < -0.39 is 0 Å². The van der Waals surface area contributed by atoms with Gasteiger partial charge >= 0.3 is 0 Å². The van der Waals surface area contributed by atoms with Gasteiger partial charge in [0.15, 0.2) is 11.7 Å². The molecule has 112 valence electrons. The van der Waals surface area contributed by atoms with Crippen molar-refractivity contribution in [2.45, 2.75) is 39.2 Å². The van der Waals surface area contributed by atoms with E-state index in [2.05, 4.69) is 10.3 Å². The number of nitrogens with one attached hydrogen (secondary N) is 1. The summed E-state index contributed by atoms with van der Waals surface area (Å²) in [5, 5.41) is 2.89. The van der Waals surface area contributed by atoms with Crippen molar-refractivity contribution in [1.29, 1.82) is 0 Å². The summed E-state index contributed by atoms with van der Waals surface area (Å²) >= 11 is 0. The first-order chi connectivity index (χ1) is 10.1. The monoisotopic (exact) mass is 290 g/mol. The molecule has 0 fully saturated rings. The molecule has 1 unspecified atom stereocenters. The van der Waals surface area contributed by atoms with Gasteiger partial charge in [-0.1, -0.05) is 6.92 Å². The van der Waals surface area contributed by atoms with Crippen LogP contribution in [0.2, 0.25) is 0 Å². The number of carbonyl (C=O) groups is 1. The fraction of sp³-hybridized carbons (Fsp3) is 0.375. The Morgan fingerprint density at radius 2 is 2.10 bits per heavy atom. The van der Waals surface area contributed by atoms with Gasteiger partial charge in [0.05, 0.1) is 6.20 Å². The van der Waals surface area contributed by atoms with Crippen molar-refractivity contribution >= 4 is 5.91 Å². The molecule has 0 radical (unpaired) electrons. The second kappa shape index (κ2) is 7.02. The molecule has 1 aromatic heterocycles. The second-order valence-electron chi connectivity index (χ2n) is 5.00. The van der Waals surface area contributed by atoms with Crippen molar-refractivity contribution in [3.8, 4) is 11.3 Å². The lowest BCUT2D eigenvalue weighted by Gasteiger charge is -2.10. The van der Waals surface area contributed by atoms with Gasteiger partial charge in [0.25, 0.3) is 0 Å². The number of hydrogen-bond acceptors (Lipinski definition) is 3. The lowest BCUT2D eigenvalue weighted by atomic mass is 10.2.